The summed E-state index contributed by atoms with van der Waals surface area (Å²) in [6.07, 6.45) is 24.9. The molecule has 2 nitrogen and oxygen atoms in total. The van der Waals surface area contributed by atoms with Crippen molar-refractivity contribution in [1.82, 2.24) is 0 Å². The molecule has 0 aliphatic carbocycles. The van der Waals surface area contributed by atoms with Gasteiger partial charge in [0.05, 0.1) is 0 Å². The predicted octanol–water partition coefficient (Wildman–Crippen LogP) is 6.48. The van der Waals surface area contributed by atoms with Crippen LogP contribution in [0, 0.1) is 0 Å². The molecule has 0 bridgehead atoms. The summed E-state index contributed by atoms with van der Waals surface area (Å²) in [5.74, 6) is 8.00. The molecule has 0 saturated heterocycles. The first-order valence-electron chi connectivity index (χ1n) is 9.75. The molecule has 0 heterocycles. The summed E-state index contributed by atoms with van der Waals surface area (Å²) in [5.41, 5.74) is 0. The van der Waals surface area contributed by atoms with E-state index in [0.29, 0.717) is 0 Å². The number of hydrazine groups is 1. The van der Waals surface area contributed by atoms with Crippen molar-refractivity contribution in [3.63, 3.8) is 0 Å². The van der Waals surface area contributed by atoms with Gasteiger partial charge in [0.25, 0.3) is 0 Å². The second-order valence-corrected chi connectivity index (χ2v) is 6.30. The van der Waals surface area contributed by atoms with E-state index in [2.05, 4.69) is 25.5 Å². The van der Waals surface area contributed by atoms with E-state index >= 15 is 0 Å². The summed E-state index contributed by atoms with van der Waals surface area (Å²) < 4.78 is 0. The molecule has 4 N–H and O–H groups in total. The molecular formula is C19H44N2. The van der Waals surface area contributed by atoms with Crippen molar-refractivity contribution in [3.8, 4) is 0 Å². The molecule has 130 valence electrons. The summed E-state index contributed by atoms with van der Waals surface area (Å²) in [6.45, 7) is 4.59. The maximum absolute atomic E-state index is 4.00. The molecule has 0 atom stereocenters. The summed E-state index contributed by atoms with van der Waals surface area (Å²) in [5, 5.41) is 0. The molecular weight excluding hydrogens is 256 g/mol. The van der Waals surface area contributed by atoms with E-state index in [9.17, 15) is 0 Å². The first-order chi connectivity index (χ1) is 10.4. The molecule has 0 aliphatic rings. The molecule has 0 aromatic carbocycles. The van der Waals surface area contributed by atoms with E-state index < -0.39 is 0 Å². The lowest BCUT2D eigenvalue weighted by molar-refractivity contribution is 0.529. The largest absolute Gasteiger partial charge is 0.274 e. The van der Waals surface area contributed by atoms with Crippen molar-refractivity contribution in [1.29, 1.82) is 0 Å². The van der Waals surface area contributed by atoms with E-state index in [1.54, 1.807) is 0 Å². The van der Waals surface area contributed by atoms with Crippen molar-refractivity contribution in [2.45, 2.75) is 123 Å². The Hall–Kier alpha value is -0.0800. The number of unbranched alkanes of at least 4 members (excludes halogenated alkanes) is 16. The van der Waals surface area contributed by atoms with Crippen molar-refractivity contribution < 1.29 is 0 Å². The summed E-state index contributed by atoms with van der Waals surface area (Å²) in [6, 6.07) is 0. The van der Waals surface area contributed by atoms with Crippen LogP contribution in [0.4, 0.5) is 0 Å². The molecule has 2 heteroatoms. The van der Waals surface area contributed by atoms with Crippen LogP contribution < -0.4 is 11.7 Å². The molecule has 0 aliphatic heterocycles. The van der Waals surface area contributed by atoms with E-state index in [-0.39, 0.29) is 0 Å². The van der Waals surface area contributed by atoms with Crippen LogP contribution in [-0.4, -0.2) is 0 Å². The Morgan fingerprint density at radius 1 is 0.333 bits per heavy atom. The lowest BCUT2D eigenvalue weighted by atomic mass is 10.0. The smallest absolute Gasteiger partial charge is 0.0533 e. The molecule has 0 saturated carbocycles. The third-order valence-corrected chi connectivity index (χ3v) is 4.21. The Labute approximate surface area is 135 Å². The quantitative estimate of drug-likeness (QED) is 0.195. The van der Waals surface area contributed by atoms with Gasteiger partial charge < -0.3 is 0 Å². The van der Waals surface area contributed by atoms with Gasteiger partial charge in [-0.15, -0.1) is 0 Å². The van der Waals surface area contributed by atoms with E-state index in [1.807, 2.05) is 0 Å². The van der Waals surface area contributed by atoms with Gasteiger partial charge in [-0.05, 0) is 0 Å². The predicted molar refractivity (Wildman–Crippen MR) is 98.2 cm³/mol. The second kappa shape index (κ2) is 24.9. The van der Waals surface area contributed by atoms with Gasteiger partial charge in [0, 0.05) is 0 Å². The molecule has 0 rings (SSSR count). The first-order valence-corrected chi connectivity index (χ1v) is 9.75. The van der Waals surface area contributed by atoms with E-state index in [4.69, 9.17) is 0 Å². The minimum absolute atomic E-state index is 1.37. The third kappa shape index (κ3) is 25.2. The Morgan fingerprint density at radius 2 is 0.476 bits per heavy atom. The zero-order valence-electron chi connectivity index (χ0n) is 15.2. The number of rotatable bonds is 16. The van der Waals surface area contributed by atoms with Crippen LogP contribution in [0.15, 0.2) is 0 Å². The maximum atomic E-state index is 4.00. The standard InChI is InChI=1S/C19H40.H4N2/c1-3-5-7-9-11-13-15-17-19-18-16-14-12-10-8-6-4-2;1-2/h3-19H2,1-2H3;1-2H2. The minimum Gasteiger partial charge on any atom is -0.274 e. The first kappa shape index (κ1) is 23.2. The average molecular weight is 301 g/mol. The molecule has 0 aromatic rings. The van der Waals surface area contributed by atoms with Crippen LogP contribution in [0.3, 0.4) is 0 Å². The molecule has 21 heavy (non-hydrogen) atoms. The van der Waals surface area contributed by atoms with Crippen LogP contribution >= 0.6 is 0 Å². The van der Waals surface area contributed by atoms with Gasteiger partial charge in [0.2, 0.25) is 0 Å². The lowest BCUT2D eigenvalue weighted by Crippen LogP contribution is -2.02. The number of hydrogen-bond donors (Lipinski definition) is 2. The van der Waals surface area contributed by atoms with Crippen LogP contribution in [0.5, 0.6) is 0 Å². The third-order valence-electron chi connectivity index (χ3n) is 4.21. The lowest BCUT2D eigenvalue weighted by Gasteiger charge is -2.03. The highest BCUT2D eigenvalue weighted by atomic mass is 15.0. The van der Waals surface area contributed by atoms with Gasteiger partial charge in [0.1, 0.15) is 0 Å². The SMILES string of the molecule is CCCCCCCCCCCCCCCCCCC.NN. The summed E-state index contributed by atoms with van der Waals surface area (Å²) in [4.78, 5) is 0. The Kier molecular flexibility index (Phi) is 27.5. The molecule has 0 unspecified atom stereocenters. The van der Waals surface area contributed by atoms with Crippen molar-refractivity contribution >= 4 is 0 Å². The zero-order chi connectivity index (χ0) is 16.0. The van der Waals surface area contributed by atoms with Gasteiger partial charge in [-0.1, -0.05) is 123 Å². The van der Waals surface area contributed by atoms with Crippen LogP contribution in [-0.2, 0) is 0 Å². The topological polar surface area (TPSA) is 52.0 Å². The van der Waals surface area contributed by atoms with Gasteiger partial charge >= 0.3 is 0 Å². The molecule has 0 spiro atoms. The highest BCUT2D eigenvalue weighted by molar-refractivity contribution is 4.49. The highest BCUT2D eigenvalue weighted by Gasteiger charge is 1.94. The fraction of sp³-hybridized carbons (Fsp3) is 1.00. The Bertz CT molecular complexity index is 133. The number of nitrogens with two attached hydrogens (primary N) is 2. The van der Waals surface area contributed by atoms with Gasteiger partial charge in [0.15, 0.2) is 0 Å². The van der Waals surface area contributed by atoms with Gasteiger partial charge in [-0.25, -0.2) is 0 Å². The fourth-order valence-electron chi connectivity index (χ4n) is 2.80. The van der Waals surface area contributed by atoms with Gasteiger partial charge in [-0.3, -0.25) is 11.7 Å². The monoisotopic (exact) mass is 300 g/mol. The van der Waals surface area contributed by atoms with Crippen molar-refractivity contribution in [2.75, 3.05) is 0 Å². The molecule has 0 radical (unpaired) electrons. The number of hydrogen-bond acceptors (Lipinski definition) is 2. The minimum atomic E-state index is 1.37. The normalized spacial score (nSPS) is 10.3. The van der Waals surface area contributed by atoms with Crippen LogP contribution in [0.2, 0.25) is 0 Å². The zero-order valence-corrected chi connectivity index (χ0v) is 15.2. The molecule has 0 fully saturated rings. The van der Waals surface area contributed by atoms with Crippen molar-refractivity contribution in [2.24, 2.45) is 11.7 Å². The van der Waals surface area contributed by atoms with Crippen molar-refractivity contribution in [3.05, 3.63) is 0 Å². The van der Waals surface area contributed by atoms with E-state index in [1.165, 1.54) is 109 Å². The van der Waals surface area contributed by atoms with E-state index in [0.717, 1.165) is 0 Å². The summed E-state index contributed by atoms with van der Waals surface area (Å²) >= 11 is 0. The second-order valence-electron chi connectivity index (χ2n) is 6.30. The summed E-state index contributed by atoms with van der Waals surface area (Å²) in [7, 11) is 0. The fourth-order valence-corrected chi connectivity index (χ4v) is 2.80. The average Bonchev–Trinajstić information content (AvgIpc) is 2.53. The van der Waals surface area contributed by atoms with Crippen LogP contribution in [0.25, 0.3) is 0 Å². The molecule has 0 amide bonds. The Balaban J connectivity index is 0. The Morgan fingerprint density at radius 3 is 0.619 bits per heavy atom. The molecule has 0 aromatic heterocycles. The van der Waals surface area contributed by atoms with Gasteiger partial charge in [-0.2, -0.15) is 0 Å². The van der Waals surface area contributed by atoms with Crippen LogP contribution in [0.1, 0.15) is 123 Å². The highest BCUT2D eigenvalue weighted by Crippen LogP contribution is 2.13. The maximum Gasteiger partial charge on any atom is -0.0533 e.